The molecule has 26 heavy (non-hydrogen) atoms. The molecule has 2 heterocycles. The van der Waals surface area contributed by atoms with Crippen LogP contribution in [0.3, 0.4) is 0 Å². The fourth-order valence-electron chi connectivity index (χ4n) is 3.54. The summed E-state index contributed by atoms with van der Waals surface area (Å²) in [5.41, 5.74) is 2.11. The Labute approximate surface area is 160 Å². The average molecular weight is 395 g/mol. The zero-order valence-electron chi connectivity index (χ0n) is 15.7. The standard InChI is InChI=1S/C19H26N2O3S2/c1-12(2)9-18(22)20-19-21(15-8-6-5-7-14(15)13(3)4)16-10-26(23,24)11-17(16)25-19/h5-8,12-13,16-17H,9-11H2,1-4H3/t16-,17+/m1/s1. The number of sulfone groups is 1. The second-order valence-electron chi connectivity index (χ2n) is 7.77. The van der Waals surface area contributed by atoms with Crippen molar-refractivity contribution in [1.82, 2.24) is 0 Å². The lowest BCUT2D eigenvalue weighted by atomic mass is 9.99. The molecule has 2 fully saturated rings. The van der Waals surface area contributed by atoms with Gasteiger partial charge >= 0.3 is 0 Å². The Bertz CT molecular complexity index is 831. The molecule has 7 heteroatoms. The van der Waals surface area contributed by atoms with Gasteiger partial charge in [-0.25, -0.2) is 8.42 Å². The van der Waals surface area contributed by atoms with Crippen LogP contribution in [-0.2, 0) is 14.6 Å². The number of carbonyl (C=O) groups excluding carboxylic acids is 1. The number of hydrogen-bond acceptors (Lipinski definition) is 4. The van der Waals surface area contributed by atoms with Crippen molar-refractivity contribution in [2.45, 2.75) is 51.3 Å². The molecule has 0 saturated carbocycles. The molecule has 2 aliphatic rings. The summed E-state index contributed by atoms with van der Waals surface area (Å²) >= 11 is 1.44. The third-order valence-electron chi connectivity index (χ3n) is 4.69. The van der Waals surface area contributed by atoms with Gasteiger partial charge in [-0.1, -0.05) is 57.7 Å². The van der Waals surface area contributed by atoms with Gasteiger partial charge in [0, 0.05) is 17.4 Å². The van der Waals surface area contributed by atoms with Crippen LogP contribution in [0, 0.1) is 5.92 Å². The predicted octanol–water partition coefficient (Wildman–Crippen LogP) is 3.46. The maximum Gasteiger partial charge on any atom is 0.248 e. The third kappa shape index (κ3) is 3.98. The van der Waals surface area contributed by atoms with Crippen LogP contribution in [0.1, 0.15) is 45.6 Å². The Hall–Kier alpha value is -1.34. The van der Waals surface area contributed by atoms with Gasteiger partial charge in [-0.15, -0.1) is 0 Å². The first kappa shape index (κ1) is 19.4. The summed E-state index contributed by atoms with van der Waals surface area (Å²) in [5.74, 6) is 0.668. The molecule has 0 spiro atoms. The maximum absolute atomic E-state index is 12.3. The normalized spacial score (nSPS) is 26.1. The highest BCUT2D eigenvalue weighted by atomic mass is 32.2. The van der Waals surface area contributed by atoms with E-state index in [9.17, 15) is 13.2 Å². The van der Waals surface area contributed by atoms with Crippen molar-refractivity contribution in [2.75, 3.05) is 16.4 Å². The molecule has 2 saturated heterocycles. The fourth-order valence-corrected chi connectivity index (χ4v) is 7.47. The highest BCUT2D eigenvalue weighted by molar-refractivity contribution is 8.16. The number of anilines is 1. The minimum atomic E-state index is -3.05. The lowest BCUT2D eigenvalue weighted by Crippen LogP contribution is -2.38. The molecule has 0 unspecified atom stereocenters. The average Bonchev–Trinajstić information content (AvgIpc) is 2.97. The number of carbonyl (C=O) groups is 1. The van der Waals surface area contributed by atoms with E-state index in [1.807, 2.05) is 36.9 Å². The SMILES string of the molecule is CC(C)CC(=O)N=C1S[C@H]2CS(=O)(=O)C[C@H]2N1c1ccccc1C(C)C. The first-order chi connectivity index (χ1) is 12.2. The number of rotatable bonds is 4. The molecule has 3 rings (SSSR count). The maximum atomic E-state index is 12.3. The second-order valence-corrected chi connectivity index (χ2v) is 11.1. The number of amidine groups is 1. The van der Waals surface area contributed by atoms with E-state index in [0.717, 1.165) is 11.3 Å². The summed E-state index contributed by atoms with van der Waals surface area (Å²) in [5, 5.41) is 0.583. The molecule has 0 radical (unpaired) electrons. The number of aliphatic imine (C=N–C) groups is 1. The smallest absolute Gasteiger partial charge is 0.248 e. The monoisotopic (exact) mass is 394 g/mol. The molecule has 2 atom stereocenters. The fraction of sp³-hybridized carbons (Fsp3) is 0.579. The molecular formula is C19H26N2O3S2. The molecule has 1 aromatic carbocycles. The lowest BCUT2D eigenvalue weighted by molar-refractivity contribution is -0.118. The largest absolute Gasteiger partial charge is 0.315 e. The van der Waals surface area contributed by atoms with Gasteiger partial charge in [-0.2, -0.15) is 4.99 Å². The van der Waals surface area contributed by atoms with E-state index in [0.29, 0.717) is 17.5 Å². The van der Waals surface area contributed by atoms with Crippen LogP contribution in [0.15, 0.2) is 29.3 Å². The van der Waals surface area contributed by atoms with E-state index in [4.69, 9.17) is 0 Å². The zero-order valence-corrected chi connectivity index (χ0v) is 17.3. The third-order valence-corrected chi connectivity index (χ3v) is 7.90. The Morgan fingerprint density at radius 3 is 2.58 bits per heavy atom. The summed E-state index contributed by atoms with van der Waals surface area (Å²) in [6.45, 7) is 8.22. The Morgan fingerprint density at radius 2 is 1.92 bits per heavy atom. The first-order valence-electron chi connectivity index (χ1n) is 9.04. The highest BCUT2D eigenvalue weighted by Gasteiger charge is 2.49. The van der Waals surface area contributed by atoms with Crippen molar-refractivity contribution in [2.24, 2.45) is 10.9 Å². The minimum Gasteiger partial charge on any atom is -0.315 e. The summed E-state index contributed by atoms with van der Waals surface area (Å²) in [4.78, 5) is 18.7. The number of para-hydroxylation sites is 1. The van der Waals surface area contributed by atoms with E-state index >= 15 is 0 Å². The Morgan fingerprint density at radius 1 is 1.23 bits per heavy atom. The van der Waals surface area contributed by atoms with Crippen LogP contribution in [0.5, 0.6) is 0 Å². The Balaban J connectivity index is 2.04. The lowest BCUT2D eigenvalue weighted by Gasteiger charge is -2.28. The number of fused-ring (bicyclic) bond motifs is 1. The molecule has 142 valence electrons. The number of nitrogens with zero attached hydrogens (tertiary/aromatic N) is 2. The van der Waals surface area contributed by atoms with Gasteiger partial charge in [-0.3, -0.25) is 4.79 Å². The highest BCUT2D eigenvalue weighted by Crippen LogP contribution is 2.43. The van der Waals surface area contributed by atoms with Crippen molar-refractivity contribution in [1.29, 1.82) is 0 Å². The van der Waals surface area contributed by atoms with Crippen LogP contribution in [-0.4, -0.2) is 42.3 Å². The van der Waals surface area contributed by atoms with Crippen molar-refractivity contribution in [3.8, 4) is 0 Å². The molecule has 0 aliphatic carbocycles. The quantitative estimate of drug-likeness (QED) is 0.782. The number of amides is 1. The molecule has 0 aromatic heterocycles. The van der Waals surface area contributed by atoms with Gasteiger partial charge < -0.3 is 4.90 Å². The second kappa shape index (κ2) is 7.35. The minimum absolute atomic E-state index is 0.0641. The molecule has 0 N–H and O–H groups in total. The summed E-state index contributed by atoms with van der Waals surface area (Å²) in [6, 6.07) is 7.86. The summed E-state index contributed by atoms with van der Waals surface area (Å²) in [6.07, 6.45) is 0.400. The number of thioether (sulfide) groups is 1. The van der Waals surface area contributed by atoms with E-state index in [2.05, 4.69) is 24.9 Å². The van der Waals surface area contributed by atoms with E-state index in [1.54, 1.807) is 0 Å². The van der Waals surface area contributed by atoms with Gasteiger partial charge in [0.25, 0.3) is 0 Å². The van der Waals surface area contributed by atoms with Crippen LogP contribution < -0.4 is 4.90 Å². The van der Waals surface area contributed by atoms with Crippen LogP contribution in [0.2, 0.25) is 0 Å². The van der Waals surface area contributed by atoms with Crippen LogP contribution in [0.25, 0.3) is 0 Å². The summed E-state index contributed by atoms with van der Waals surface area (Å²) < 4.78 is 24.3. The van der Waals surface area contributed by atoms with E-state index in [-0.39, 0.29) is 34.6 Å². The van der Waals surface area contributed by atoms with Crippen LogP contribution >= 0.6 is 11.8 Å². The Kier molecular flexibility index (Phi) is 5.49. The van der Waals surface area contributed by atoms with E-state index < -0.39 is 9.84 Å². The van der Waals surface area contributed by atoms with E-state index in [1.165, 1.54) is 11.8 Å². The predicted molar refractivity (Wildman–Crippen MR) is 109 cm³/mol. The molecular weight excluding hydrogens is 368 g/mol. The van der Waals surface area contributed by atoms with Crippen molar-refractivity contribution in [3.05, 3.63) is 29.8 Å². The summed E-state index contributed by atoms with van der Waals surface area (Å²) in [7, 11) is -3.05. The van der Waals surface area contributed by atoms with Gasteiger partial charge in [0.1, 0.15) is 0 Å². The number of hydrogen-bond donors (Lipinski definition) is 0. The molecule has 0 bridgehead atoms. The van der Waals surface area contributed by atoms with Gasteiger partial charge in [0.15, 0.2) is 15.0 Å². The van der Waals surface area contributed by atoms with Crippen molar-refractivity contribution in [3.63, 3.8) is 0 Å². The first-order valence-corrected chi connectivity index (χ1v) is 11.7. The van der Waals surface area contributed by atoms with Crippen molar-refractivity contribution < 1.29 is 13.2 Å². The van der Waals surface area contributed by atoms with Crippen LogP contribution in [0.4, 0.5) is 5.69 Å². The molecule has 2 aliphatic heterocycles. The topological polar surface area (TPSA) is 66.8 Å². The van der Waals surface area contributed by atoms with Gasteiger partial charge in [0.05, 0.1) is 17.5 Å². The molecule has 1 amide bonds. The molecule has 5 nitrogen and oxygen atoms in total. The van der Waals surface area contributed by atoms with Crippen molar-refractivity contribution >= 4 is 38.4 Å². The zero-order chi connectivity index (χ0) is 19.1. The number of benzene rings is 1. The molecule has 1 aromatic rings. The van der Waals surface area contributed by atoms with Gasteiger partial charge in [0.2, 0.25) is 5.91 Å². The van der Waals surface area contributed by atoms with Gasteiger partial charge in [-0.05, 0) is 23.5 Å².